The molecular formula is C40H52N2. The van der Waals surface area contributed by atoms with Crippen LogP contribution < -0.4 is 11.5 Å². The lowest BCUT2D eigenvalue weighted by molar-refractivity contribution is 0.444. The number of nitrogen functional groups attached to an aromatic ring is 2. The van der Waals surface area contributed by atoms with Gasteiger partial charge in [0.1, 0.15) is 0 Å². The third kappa shape index (κ3) is 11.4. The summed E-state index contributed by atoms with van der Waals surface area (Å²) < 4.78 is 0. The zero-order chi connectivity index (χ0) is 29.4. The van der Waals surface area contributed by atoms with Crippen molar-refractivity contribution in [2.75, 3.05) is 11.5 Å². The summed E-state index contributed by atoms with van der Waals surface area (Å²) in [5.41, 5.74) is 21.6. The quantitative estimate of drug-likeness (QED) is 0.0939. The fourth-order valence-corrected chi connectivity index (χ4v) is 6.02. The summed E-state index contributed by atoms with van der Waals surface area (Å²) in [6, 6.07) is 35.1. The molecule has 4 aromatic carbocycles. The van der Waals surface area contributed by atoms with Gasteiger partial charge in [-0.2, -0.15) is 0 Å². The lowest BCUT2D eigenvalue weighted by Gasteiger charge is -2.18. The molecule has 0 bridgehead atoms. The molecule has 0 spiro atoms. The zero-order valence-corrected chi connectivity index (χ0v) is 25.9. The molecule has 0 heterocycles. The van der Waals surface area contributed by atoms with Crippen molar-refractivity contribution in [1.29, 1.82) is 0 Å². The molecule has 0 atom stereocenters. The van der Waals surface area contributed by atoms with Crippen molar-refractivity contribution in [1.82, 2.24) is 0 Å². The van der Waals surface area contributed by atoms with Crippen molar-refractivity contribution >= 4 is 11.4 Å². The molecule has 0 amide bonds. The van der Waals surface area contributed by atoms with Gasteiger partial charge in [0.05, 0.1) is 0 Å². The van der Waals surface area contributed by atoms with Gasteiger partial charge in [-0.15, -0.1) is 0 Å². The Labute approximate surface area is 255 Å². The van der Waals surface area contributed by atoms with Crippen LogP contribution in [0.25, 0.3) is 0 Å². The first-order chi connectivity index (χ1) is 20.6. The van der Waals surface area contributed by atoms with Gasteiger partial charge in [-0.3, -0.25) is 0 Å². The molecule has 0 saturated carbocycles. The molecule has 4 rings (SSSR count). The molecule has 4 N–H and O–H groups in total. The summed E-state index contributed by atoms with van der Waals surface area (Å²) in [4.78, 5) is 0. The van der Waals surface area contributed by atoms with Crippen molar-refractivity contribution in [2.24, 2.45) is 5.92 Å². The lowest BCUT2D eigenvalue weighted by atomic mass is 9.87. The van der Waals surface area contributed by atoms with Crippen molar-refractivity contribution in [3.63, 3.8) is 0 Å². The lowest BCUT2D eigenvalue weighted by Crippen LogP contribution is -2.09. The highest BCUT2D eigenvalue weighted by molar-refractivity contribution is 5.42. The van der Waals surface area contributed by atoms with E-state index in [0.717, 1.165) is 37.1 Å². The highest BCUT2D eigenvalue weighted by Gasteiger charge is 2.12. The Bertz CT molecular complexity index is 1180. The molecule has 42 heavy (non-hydrogen) atoms. The second kappa shape index (κ2) is 17.4. The largest absolute Gasteiger partial charge is 0.399 e. The van der Waals surface area contributed by atoms with Gasteiger partial charge in [0.15, 0.2) is 0 Å². The van der Waals surface area contributed by atoms with Gasteiger partial charge in [-0.05, 0) is 95.7 Å². The van der Waals surface area contributed by atoms with Gasteiger partial charge in [-0.1, -0.05) is 138 Å². The van der Waals surface area contributed by atoms with Gasteiger partial charge >= 0.3 is 0 Å². The zero-order valence-electron chi connectivity index (χ0n) is 25.9. The van der Waals surface area contributed by atoms with Crippen LogP contribution in [0, 0.1) is 5.92 Å². The number of nitrogens with two attached hydrogens (primary N) is 2. The Morgan fingerprint density at radius 1 is 0.405 bits per heavy atom. The summed E-state index contributed by atoms with van der Waals surface area (Å²) in [5.74, 6) is 0.667. The molecule has 222 valence electrons. The number of hydrogen-bond acceptors (Lipinski definition) is 2. The Kier molecular flexibility index (Phi) is 13.0. The van der Waals surface area contributed by atoms with Crippen LogP contribution in [0.15, 0.2) is 97.1 Å². The van der Waals surface area contributed by atoms with E-state index in [4.69, 9.17) is 11.5 Å². The summed E-state index contributed by atoms with van der Waals surface area (Å²) in [7, 11) is 0. The minimum absolute atomic E-state index is 0.667. The van der Waals surface area contributed by atoms with Crippen LogP contribution >= 0.6 is 0 Å². The van der Waals surface area contributed by atoms with Crippen LogP contribution in [0.1, 0.15) is 105 Å². The number of unbranched alkanes of at least 4 members (excludes halogenated alkanes) is 8. The van der Waals surface area contributed by atoms with E-state index in [1.165, 1.54) is 97.6 Å². The van der Waals surface area contributed by atoms with Gasteiger partial charge in [-0.25, -0.2) is 0 Å². The van der Waals surface area contributed by atoms with E-state index in [1.807, 2.05) is 24.3 Å². The smallest absolute Gasteiger partial charge is 0.0314 e. The van der Waals surface area contributed by atoms with E-state index >= 15 is 0 Å². The first kappa shape index (κ1) is 31.4. The molecule has 0 radical (unpaired) electrons. The van der Waals surface area contributed by atoms with Crippen molar-refractivity contribution in [3.05, 3.63) is 130 Å². The van der Waals surface area contributed by atoms with E-state index in [0.29, 0.717) is 5.92 Å². The average Bonchev–Trinajstić information content (AvgIpc) is 3.00. The predicted molar refractivity (Wildman–Crippen MR) is 183 cm³/mol. The van der Waals surface area contributed by atoms with Gasteiger partial charge in [0, 0.05) is 11.4 Å². The van der Waals surface area contributed by atoms with Crippen molar-refractivity contribution in [2.45, 2.75) is 96.8 Å². The highest BCUT2D eigenvalue weighted by atomic mass is 14.5. The Hall–Kier alpha value is -3.52. The number of anilines is 2. The number of rotatable bonds is 18. The van der Waals surface area contributed by atoms with Crippen LogP contribution in [0.4, 0.5) is 11.4 Å². The first-order valence-corrected chi connectivity index (χ1v) is 16.4. The number of hydrogen-bond donors (Lipinski definition) is 2. The SMILES string of the molecule is CCCCCCCCCCCC(Cc1ccc(Cc2ccc(N)cc2)cc1)Cc1ccc(Cc2ccc(N)cc2)cc1. The van der Waals surface area contributed by atoms with Crippen LogP contribution in [-0.2, 0) is 25.7 Å². The molecule has 0 aromatic heterocycles. The normalized spacial score (nSPS) is 11.3. The molecule has 0 aliphatic heterocycles. The molecule has 0 unspecified atom stereocenters. The van der Waals surface area contributed by atoms with Gasteiger partial charge in [0.2, 0.25) is 0 Å². The molecule has 0 saturated heterocycles. The maximum atomic E-state index is 5.86. The Morgan fingerprint density at radius 2 is 0.714 bits per heavy atom. The minimum atomic E-state index is 0.667. The van der Waals surface area contributed by atoms with E-state index in [2.05, 4.69) is 79.7 Å². The summed E-state index contributed by atoms with van der Waals surface area (Å²) >= 11 is 0. The van der Waals surface area contributed by atoms with Crippen LogP contribution in [0.2, 0.25) is 0 Å². The predicted octanol–water partition coefficient (Wildman–Crippen LogP) is 10.4. The number of benzene rings is 4. The molecule has 0 fully saturated rings. The molecule has 0 aliphatic carbocycles. The second-order valence-electron chi connectivity index (χ2n) is 12.4. The summed E-state index contributed by atoms with van der Waals surface area (Å²) in [5, 5.41) is 0. The van der Waals surface area contributed by atoms with Gasteiger partial charge in [0.25, 0.3) is 0 Å². The molecular weight excluding hydrogens is 508 g/mol. The van der Waals surface area contributed by atoms with Crippen molar-refractivity contribution in [3.8, 4) is 0 Å². The monoisotopic (exact) mass is 560 g/mol. The maximum Gasteiger partial charge on any atom is 0.0314 e. The Morgan fingerprint density at radius 3 is 1.10 bits per heavy atom. The Balaban J connectivity index is 1.32. The third-order valence-electron chi connectivity index (χ3n) is 8.59. The molecule has 2 nitrogen and oxygen atoms in total. The molecule has 2 heteroatoms. The standard InChI is InChI=1S/C40H52N2/c1-2-3-4-5-6-7-8-9-10-11-38(30-34-16-12-32(13-17-34)28-36-20-24-39(41)25-21-36)31-35-18-14-33(15-19-35)29-37-22-26-40(42)27-23-37/h12-27,38H,2-11,28-31,41-42H2,1H3. The van der Waals surface area contributed by atoms with Crippen molar-refractivity contribution < 1.29 is 0 Å². The fourth-order valence-electron chi connectivity index (χ4n) is 6.02. The molecule has 4 aromatic rings. The minimum Gasteiger partial charge on any atom is -0.399 e. The van der Waals surface area contributed by atoms with Gasteiger partial charge < -0.3 is 11.5 Å². The third-order valence-corrected chi connectivity index (χ3v) is 8.59. The van der Waals surface area contributed by atoms with E-state index in [1.54, 1.807) is 0 Å². The van der Waals surface area contributed by atoms with Crippen LogP contribution in [0.3, 0.4) is 0 Å². The first-order valence-electron chi connectivity index (χ1n) is 16.4. The topological polar surface area (TPSA) is 52.0 Å². The highest BCUT2D eigenvalue weighted by Crippen LogP contribution is 2.24. The van der Waals surface area contributed by atoms with Crippen LogP contribution in [0.5, 0.6) is 0 Å². The fraction of sp³-hybridized carbons (Fsp3) is 0.400. The second-order valence-corrected chi connectivity index (χ2v) is 12.4. The van der Waals surface area contributed by atoms with E-state index in [-0.39, 0.29) is 0 Å². The summed E-state index contributed by atoms with van der Waals surface area (Å²) in [6.07, 6.45) is 18.0. The average molecular weight is 561 g/mol. The maximum absolute atomic E-state index is 5.86. The van der Waals surface area contributed by atoms with Crippen LogP contribution in [-0.4, -0.2) is 0 Å². The molecule has 0 aliphatic rings. The summed E-state index contributed by atoms with van der Waals surface area (Å²) in [6.45, 7) is 2.29. The van der Waals surface area contributed by atoms with E-state index < -0.39 is 0 Å². The van der Waals surface area contributed by atoms with E-state index in [9.17, 15) is 0 Å².